The quantitative estimate of drug-likeness (QED) is 0.663. The summed E-state index contributed by atoms with van der Waals surface area (Å²) in [5.41, 5.74) is 7.24. The predicted octanol–water partition coefficient (Wildman–Crippen LogP) is 3.96. The molecule has 0 amide bonds. The van der Waals surface area contributed by atoms with Gasteiger partial charge in [0.05, 0.1) is 11.7 Å². The zero-order valence-corrected chi connectivity index (χ0v) is 12.7. The summed E-state index contributed by atoms with van der Waals surface area (Å²) in [4.78, 5) is 1.84. The molecule has 3 N–H and O–H groups in total. The van der Waals surface area contributed by atoms with Crippen LogP contribution in [0.15, 0.2) is 42.5 Å². The minimum atomic E-state index is -0.397. The molecule has 0 saturated carbocycles. The second-order valence-corrected chi connectivity index (χ2v) is 5.35. The first-order valence-electron chi connectivity index (χ1n) is 6.52. The third kappa shape index (κ3) is 3.34. The lowest BCUT2D eigenvalue weighted by Crippen LogP contribution is -2.23. The number of anilines is 1. The second-order valence-electron chi connectivity index (χ2n) is 4.92. The van der Waals surface area contributed by atoms with Gasteiger partial charge in [0.2, 0.25) is 0 Å². The van der Waals surface area contributed by atoms with E-state index < -0.39 is 5.82 Å². The van der Waals surface area contributed by atoms with Crippen LogP contribution in [0.3, 0.4) is 0 Å². The van der Waals surface area contributed by atoms with Gasteiger partial charge in [-0.25, -0.2) is 4.39 Å². The number of nitrogen functional groups attached to an aromatic ring is 1. The number of nitrogens with two attached hydrogens (primary N) is 1. The Morgan fingerprint density at radius 2 is 1.86 bits per heavy atom. The maximum absolute atomic E-state index is 14.2. The number of amidine groups is 1. The van der Waals surface area contributed by atoms with Gasteiger partial charge < -0.3 is 10.6 Å². The molecule has 21 heavy (non-hydrogen) atoms. The lowest BCUT2D eigenvalue weighted by atomic mass is 10.1. The zero-order valence-electron chi connectivity index (χ0n) is 11.9. The van der Waals surface area contributed by atoms with Crippen molar-refractivity contribution in [2.45, 2.75) is 13.0 Å². The van der Waals surface area contributed by atoms with E-state index >= 15 is 0 Å². The summed E-state index contributed by atoms with van der Waals surface area (Å²) in [6.45, 7) is 1.99. The molecule has 110 valence electrons. The van der Waals surface area contributed by atoms with Crippen molar-refractivity contribution >= 4 is 23.1 Å². The molecule has 2 aromatic rings. The molecule has 2 rings (SSSR count). The SMILES string of the molecule is CC(c1ccc(Cl)cc1)N(C)c1ccc(C(=N)N)cc1F. The van der Waals surface area contributed by atoms with Crippen molar-refractivity contribution in [3.63, 3.8) is 0 Å². The van der Waals surface area contributed by atoms with E-state index in [2.05, 4.69) is 0 Å². The summed E-state index contributed by atoms with van der Waals surface area (Å²) in [5, 5.41) is 8.01. The molecule has 3 nitrogen and oxygen atoms in total. The monoisotopic (exact) mass is 305 g/mol. The Bertz CT molecular complexity index is 655. The Morgan fingerprint density at radius 1 is 1.24 bits per heavy atom. The Balaban J connectivity index is 2.28. The lowest BCUT2D eigenvalue weighted by Gasteiger charge is -2.28. The molecule has 0 saturated heterocycles. The molecule has 5 heteroatoms. The van der Waals surface area contributed by atoms with Crippen LogP contribution in [0.5, 0.6) is 0 Å². The van der Waals surface area contributed by atoms with Gasteiger partial charge in [0, 0.05) is 17.6 Å². The van der Waals surface area contributed by atoms with Gasteiger partial charge in [-0.3, -0.25) is 5.41 Å². The van der Waals surface area contributed by atoms with E-state index in [1.165, 1.54) is 6.07 Å². The molecular formula is C16H17ClFN3. The van der Waals surface area contributed by atoms with Gasteiger partial charge in [0.1, 0.15) is 11.7 Å². The number of nitrogens with zero attached hydrogens (tertiary/aromatic N) is 1. The highest BCUT2D eigenvalue weighted by Gasteiger charge is 2.16. The number of halogens is 2. The van der Waals surface area contributed by atoms with Gasteiger partial charge in [-0.1, -0.05) is 23.7 Å². The maximum Gasteiger partial charge on any atom is 0.147 e. The summed E-state index contributed by atoms with van der Waals surface area (Å²) in [7, 11) is 1.82. The molecule has 0 aromatic heterocycles. The van der Waals surface area contributed by atoms with Gasteiger partial charge >= 0.3 is 0 Å². The van der Waals surface area contributed by atoms with Crippen molar-refractivity contribution in [2.24, 2.45) is 5.73 Å². The molecule has 1 unspecified atom stereocenters. The van der Waals surface area contributed by atoms with Gasteiger partial charge in [0.25, 0.3) is 0 Å². The first-order valence-corrected chi connectivity index (χ1v) is 6.90. The van der Waals surface area contributed by atoms with Crippen molar-refractivity contribution in [1.29, 1.82) is 5.41 Å². The minimum absolute atomic E-state index is 0.0139. The van der Waals surface area contributed by atoms with Crippen LogP contribution in [-0.4, -0.2) is 12.9 Å². The first kappa shape index (κ1) is 15.3. The molecular weight excluding hydrogens is 289 g/mol. The van der Waals surface area contributed by atoms with Gasteiger partial charge in [-0.15, -0.1) is 0 Å². The van der Waals surface area contributed by atoms with E-state index in [-0.39, 0.29) is 11.9 Å². The van der Waals surface area contributed by atoms with E-state index in [0.717, 1.165) is 5.56 Å². The standard InChI is InChI=1S/C16H17ClFN3/c1-10(11-3-6-13(17)7-4-11)21(2)15-8-5-12(16(19)20)9-14(15)18/h3-10H,1-2H3,(H3,19,20). The fourth-order valence-electron chi connectivity index (χ4n) is 2.13. The van der Waals surface area contributed by atoms with E-state index in [1.54, 1.807) is 12.1 Å². The van der Waals surface area contributed by atoms with Crippen molar-refractivity contribution in [1.82, 2.24) is 0 Å². The molecule has 0 spiro atoms. The summed E-state index contributed by atoms with van der Waals surface area (Å²) in [6, 6.07) is 12.0. The largest absolute Gasteiger partial charge is 0.384 e. The van der Waals surface area contributed by atoms with Gasteiger partial charge in [-0.05, 0) is 42.8 Å². The maximum atomic E-state index is 14.2. The smallest absolute Gasteiger partial charge is 0.147 e. The summed E-state index contributed by atoms with van der Waals surface area (Å²) < 4.78 is 14.2. The van der Waals surface area contributed by atoms with Gasteiger partial charge in [-0.2, -0.15) is 0 Å². The number of rotatable bonds is 4. The van der Waals surface area contributed by atoms with Crippen molar-refractivity contribution in [3.8, 4) is 0 Å². The summed E-state index contributed by atoms with van der Waals surface area (Å²) >= 11 is 5.88. The van der Waals surface area contributed by atoms with Crippen molar-refractivity contribution < 1.29 is 4.39 Å². The van der Waals surface area contributed by atoms with Crippen LogP contribution in [0.4, 0.5) is 10.1 Å². The van der Waals surface area contributed by atoms with Crippen LogP contribution in [0.25, 0.3) is 0 Å². The van der Waals surface area contributed by atoms with E-state index in [0.29, 0.717) is 16.3 Å². The van der Waals surface area contributed by atoms with Gasteiger partial charge in [0.15, 0.2) is 0 Å². The Morgan fingerprint density at radius 3 is 2.38 bits per heavy atom. The summed E-state index contributed by atoms with van der Waals surface area (Å²) in [6.07, 6.45) is 0. The highest BCUT2D eigenvalue weighted by atomic mass is 35.5. The molecule has 0 aliphatic carbocycles. The van der Waals surface area contributed by atoms with Crippen molar-refractivity contribution in [2.75, 3.05) is 11.9 Å². The molecule has 0 fully saturated rings. The fourth-order valence-corrected chi connectivity index (χ4v) is 2.26. The third-order valence-electron chi connectivity index (χ3n) is 3.57. The number of nitrogens with one attached hydrogen (secondary N) is 1. The Hall–Kier alpha value is -2.07. The van der Waals surface area contributed by atoms with Crippen LogP contribution in [0, 0.1) is 11.2 Å². The molecule has 2 aromatic carbocycles. The highest BCUT2D eigenvalue weighted by Crippen LogP contribution is 2.28. The molecule has 0 aliphatic heterocycles. The molecule has 1 atom stereocenters. The van der Waals surface area contributed by atoms with Crippen LogP contribution in [0.1, 0.15) is 24.1 Å². The van der Waals surface area contributed by atoms with Crippen LogP contribution >= 0.6 is 11.6 Å². The first-order chi connectivity index (χ1) is 9.90. The number of hydrogen-bond donors (Lipinski definition) is 2. The fraction of sp³-hybridized carbons (Fsp3) is 0.188. The Labute approximate surface area is 128 Å². The highest BCUT2D eigenvalue weighted by molar-refractivity contribution is 6.30. The van der Waals surface area contributed by atoms with E-state index in [1.807, 2.05) is 43.1 Å². The Kier molecular flexibility index (Phi) is 4.48. The van der Waals surface area contributed by atoms with Crippen molar-refractivity contribution in [3.05, 3.63) is 64.4 Å². The average Bonchev–Trinajstić information content (AvgIpc) is 2.46. The number of hydrogen-bond acceptors (Lipinski definition) is 2. The lowest BCUT2D eigenvalue weighted by molar-refractivity contribution is 0.611. The van der Waals surface area contributed by atoms with Crippen LogP contribution < -0.4 is 10.6 Å². The topological polar surface area (TPSA) is 53.1 Å². The van der Waals surface area contributed by atoms with E-state index in [9.17, 15) is 4.39 Å². The zero-order chi connectivity index (χ0) is 15.6. The normalized spacial score (nSPS) is 12.0. The summed E-state index contributed by atoms with van der Waals surface area (Å²) in [5.74, 6) is -0.542. The third-order valence-corrected chi connectivity index (χ3v) is 3.82. The van der Waals surface area contributed by atoms with Crippen LogP contribution in [0.2, 0.25) is 5.02 Å². The molecule has 0 radical (unpaired) electrons. The molecule has 0 heterocycles. The molecule has 0 bridgehead atoms. The second kappa shape index (κ2) is 6.14. The average molecular weight is 306 g/mol. The predicted molar refractivity (Wildman–Crippen MR) is 85.7 cm³/mol. The van der Waals surface area contributed by atoms with Crippen LogP contribution in [-0.2, 0) is 0 Å². The number of benzene rings is 2. The molecule has 0 aliphatic rings. The van der Waals surface area contributed by atoms with E-state index in [4.69, 9.17) is 22.7 Å². The minimum Gasteiger partial charge on any atom is -0.384 e.